The Morgan fingerprint density at radius 2 is 2.16 bits per heavy atom. The van der Waals surface area contributed by atoms with E-state index in [2.05, 4.69) is 0 Å². The molecule has 1 atom stereocenters. The number of aromatic nitrogens is 1. The van der Waals surface area contributed by atoms with E-state index in [9.17, 15) is 20.0 Å². The van der Waals surface area contributed by atoms with Crippen LogP contribution in [0.1, 0.15) is 35.8 Å². The van der Waals surface area contributed by atoms with E-state index in [-0.39, 0.29) is 17.6 Å². The maximum atomic E-state index is 12.4. The number of nitrogens with zero attached hydrogens (tertiary/aromatic N) is 3. The number of amides is 1. The number of hydrogen-bond acceptors (Lipinski definition) is 4. The van der Waals surface area contributed by atoms with Gasteiger partial charge in [0.2, 0.25) is 0 Å². The van der Waals surface area contributed by atoms with Crippen LogP contribution in [0, 0.1) is 10.1 Å². The average Bonchev–Trinajstić information content (AvgIpc) is 2.96. The first-order chi connectivity index (χ1) is 9.06. The second-order valence-corrected chi connectivity index (χ2v) is 5.17. The van der Waals surface area contributed by atoms with Crippen LogP contribution in [0.3, 0.4) is 0 Å². The number of rotatable bonds is 3. The van der Waals surface area contributed by atoms with Gasteiger partial charge in [-0.2, -0.15) is 0 Å². The quantitative estimate of drug-likeness (QED) is 0.650. The van der Waals surface area contributed by atoms with Crippen LogP contribution in [0.5, 0.6) is 0 Å². The lowest BCUT2D eigenvalue weighted by molar-refractivity contribution is -0.384. The molecule has 1 saturated heterocycles. The highest BCUT2D eigenvalue weighted by Crippen LogP contribution is 2.38. The first-order valence-electron chi connectivity index (χ1n) is 6.40. The third-order valence-corrected chi connectivity index (χ3v) is 3.65. The van der Waals surface area contributed by atoms with Crippen molar-refractivity contribution in [2.24, 2.45) is 0 Å². The van der Waals surface area contributed by atoms with Gasteiger partial charge in [0.05, 0.1) is 17.2 Å². The molecule has 1 aliphatic carbocycles. The molecule has 1 N–H and O–H groups in total. The smallest absolute Gasteiger partial charge is 0.287 e. The van der Waals surface area contributed by atoms with E-state index < -0.39 is 11.0 Å². The van der Waals surface area contributed by atoms with Crippen LogP contribution in [0.4, 0.5) is 5.69 Å². The molecule has 0 radical (unpaired) electrons. The average molecular weight is 265 g/mol. The summed E-state index contributed by atoms with van der Waals surface area (Å²) in [6.07, 6.45) is 3.43. The minimum Gasteiger partial charge on any atom is -0.391 e. The zero-order valence-electron chi connectivity index (χ0n) is 10.4. The second-order valence-electron chi connectivity index (χ2n) is 5.17. The van der Waals surface area contributed by atoms with Gasteiger partial charge in [0, 0.05) is 25.2 Å². The zero-order valence-corrected chi connectivity index (χ0v) is 10.4. The first-order valence-corrected chi connectivity index (χ1v) is 6.40. The summed E-state index contributed by atoms with van der Waals surface area (Å²) in [6.45, 7) is 0.812. The minimum absolute atomic E-state index is 0.0463. The van der Waals surface area contributed by atoms with E-state index in [1.165, 1.54) is 12.3 Å². The molecule has 1 aliphatic heterocycles. The third-order valence-electron chi connectivity index (χ3n) is 3.65. The summed E-state index contributed by atoms with van der Waals surface area (Å²) in [6, 6.07) is 1.55. The Hall–Kier alpha value is -1.89. The van der Waals surface area contributed by atoms with Crippen molar-refractivity contribution < 1.29 is 14.8 Å². The highest BCUT2D eigenvalue weighted by Gasteiger charge is 2.33. The molecule has 0 aromatic carbocycles. The Labute approximate surface area is 109 Å². The van der Waals surface area contributed by atoms with Crippen LogP contribution < -0.4 is 0 Å². The number of aliphatic hydroxyl groups excluding tert-OH is 1. The van der Waals surface area contributed by atoms with Gasteiger partial charge in [0.1, 0.15) is 5.69 Å². The maximum Gasteiger partial charge on any atom is 0.287 e. The summed E-state index contributed by atoms with van der Waals surface area (Å²) in [4.78, 5) is 24.3. The predicted octanol–water partition coefficient (Wildman–Crippen LogP) is 0.938. The van der Waals surface area contributed by atoms with Crippen LogP contribution in [0.15, 0.2) is 12.3 Å². The summed E-state index contributed by atoms with van der Waals surface area (Å²) in [5, 5.41) is 20.3. The molecule has 0 bridgehead atoms. The molecule has 2 heterocycles. The zero-order chi connectivity index (χ0) is 13.6. The fourth-order valence-electron chi connectivity index (χ4n) is 2.48. The number of aliphatic hydroxyl groups is 1. The number of hydrogen-bond donors (Lipinski definition) is 1. The summed E-state index contributed by atoms with van der Waals surface area (Å²) in [5.41, 5.74) is 0.318. The number of carbonyl (C=O) groups excluding carboxylic acids is 1. The molecular formula is C12H15N3O4. The molecule has 3 rings (SSSR count). The highest BCUT2D eigenvalue weighted by molar-refractivity contribution is 5.94. The Bertz CT molecular complexity index is 535. The van der Waals surface area contributed by atoms with Crippen molar-refractivity contribution in [2.75, 3.05) is 13.1 Å². The van der Waals surface area contributed by atoms with Crippen molar-refractivity contribution in [2.45, 2.75) is 31.4 Å². The standard InChI is InChI=1S/C12H15N3O4/c16-10-3-4-13(7-10)12(17)11-5-9(15(18)19)6-14(11)8-1-2-8/h5-6,8,10,16H,1-4,7H2/t10-/m0/s1. The van der Waals surface area contributed by atoms with Crippen molar-refractivity contribution in [1.29, 1.82) is 0 Å². The van der Waals surface area contributed by atoms with E-state index in [1.54, 1.807) is 9.47 Å². The van der Waals surface area contributed by atoms with Gasteiger partial charge in [-0.1, -0.05) is 0 Å². The van der Waals surface area contributed by atoms with E-state index in [0.29, 0.717) is 25.2 Å². The number of β-amino-alcohol motifs (C(OH)–C–C–N with tert-alkyl or cyclic N) is 1. The Balaban J connectivity index is 1.90. The lowest BCUT2D eigenvalue weighted by Crippen LogP contribution is -2.31. The van der Waals surface area contributed by atoms with E-state index in [4.69, 9.17) is 0 Å². The molecule has 1 amide bonds. The van der Waals surface area contributed by atoms with Crippen molar-refractivity contribution in [3.8, 4) is 0 Å². The Morgan fingerprint density at radius 1 is 1.42 bits per heavy atom. The highest BCUT2D eigenvalue weighted by atomic mass is 16.6. The molecule has 1 aromatic heterocycles. The van der Waals surface area contributed by atoms with Crippen LogP contribution in [0.2, 0.25) is 0 Å². The van der Waals surface area contributed by atoms with E-state index >= 15 is 0 Å². The van der Waals surface area contributed by atoms with Crippen molar-refractivity contribution >= 4 is 11.6 Å². The fourth-order valence-corrected chi connectivity index (χ4v) is 2.48. The normalized spacial score (nSPS) is 22.8. The summed E-state index contributed by atoms with van der Waals surface area (Å²) >= 11 is 0. The molecule has 7 nitrogen and oxygen atoms in total. The van der Waals surface area contributed by atoms with E-state index in [0.717, 1.165) is 12.8 Å². The van der Waals surface area contributed by atoms with Gasteiger partial charge in [0.25, 0.3) is 11.6 Å². The first kappa shape index (κ1) is 12.2. The molecule has 2 fully saturated rings. The lowest BCUT2D eigenvalue weighted by atomic mass is 10.3. The van der Waals surface area contributed by atoms with Gasteiger partial charge in [0.15, 0.2) is 0 Å². The second kappa shape index (κ2) is 4.34. The number of carbonyl (C=O) groups is 1. The molecule has 19 heavy (non-hydrogen) atoms. The molecule has 1 saturated carbocycles. The molecule has 0 spiro atoms. The van der Waals surface area contributed by atoms with Crippen molar-refractivity contribution in [1.82, 2.24) is 9.47 Å². The van der Waals surface area contributed by atoms with Gasteiger partial charge >= 0.3 is 0 Å². The molecule has 0 unspecified atom stereocenters. The van der Waals surface area contributed by atoms with Crippen molar-refractivity contribution in [3.63, 3.8) is 0 Å². The summed E-state index contributed by atoms with van der Waals surface area (Å²) in [7, 11) is 0. The topological polar surface area (TPSA) is 88.6 Å². The van der Waals surface area contributed by atoms with Gasteiger partial charge in [-0.15, -0.1) is 0 Å². The summed E-state index contributed by atoms with van der Waals surface area (Å²) < 4.78 is 1.71. The molecule has 1 aromatic rings. The number of likely N-dealkylation sites (tertiary alicyclic amines) is 1. The van der Waals surface area contributed by atoms with Crippen LogP contribution in [-0.2, 0) is 0 Å². The lowest BCUT2D eigenvalue weighted by Gasteiger charge is -2.16. The Morgan fingerprint density at radius 3 is 2.68 bits per heavy atom. The Kier molecular flexibility index (Phi) is 2.78. The fraction of sp³-hybridized carbons (Fsp3) is 0.583. The van der Waals surface area contributed by atoms with E-state index in [1.807, 2.05) is 0 Å². The van der Waals surface area contributed by atoms with Crippen LogP contribution >= 0.6 is 0 Å². The summed E-state index contributed by atoms with van der Waals surface area (Å²) in [5.74, 6) is -0.225. The molecule has 2 aliphatic rings. The van der Waals surface area contributed by atoms with Gasteiger partial charge < -0.3 is 14.6 Å². The maximum absolute atomic E-state index is 12.4. The monoisotopic (exact) mass is 265 g/mol. The van der Waals surface area contributed by atoms with Crippen molar-refractivity contribution in [3.05, 3.63) is 28.1 Å². The number of nitro groups is 1. The molecular weight excluding hydrogens is 250 g/mol. The minimum atomic E-state index is -0.483. The SMILES string of the molecule is O=C(c1cc([N+](=O)[O-])cn1C1CC1)N1CC[C@H](O)C1. The van der Waals surface area contributed by atoms with Gasteiger partial charge in [-0.3, -0.25) is 14.9 Å². The van der Waals surface area contributed by atoms with Gasteiger partial charge in [-0.25, -0.2) is 0 Å². The van der Waals surface area contributed by atoms with Crippen LogP contribution in [0.25, 0.3) is 0 Å². The van der Waals surface area contributed by atoms with Gasteiger partial charge in [-0.05, 0) is 19.3 Å². The molecule has 7 heteroatoms. The van der Waals surface area contributed by atoms with Crippen LogP contribution in [-0.4, -0.2) is 44.6 Å². The third kappa shape index (κ3) is 2.21. The predicted molar refractivity (Wildman–Crippen MR) is 65.9 cm³/mol. The molecule has 102 valence electrons. The largest absolute Gasteiger partial charge is 0.391 e.